The first kappa shape index (κ1) is 17.0. The molecule has 0 radical (unpaired) electrons. The molecule has 1 aliphatic rings. The number of para-hydroxylation sites is 2. The van der Waals surface area contributed by atoms with Gasteiger partial charge in [0.05, 0.1) is 28.1 Å². The fourth-order valence-electron chi connectivity index (χ4n) is 4.25. The van der Waals surface area contributed by atoms with Gasteiger partial charge in [0.15, 0.2) is 5.78 Å². The average Bonchev–Trinajstić information content (AvgIpc) is 2.74. The van der Waals surface area contributed by atoms with Crippen molar-refractivity contribution >= 4 is 44.7 Å². The predicted octanol–water partition coefficient (Wildman–Crippen LogP) is 4.86. The topological polar surface area (TPSA) is 46.1 Å². The first-order chi connectivity index (χ1) is 13.7. The first-order valence-electron chi connectivity index (χ1n) is 9.80. The van der Waals surface area contributed by atoms with Crippen LogP contribution in [0.4, 0.5) is 0 Å². The fraction of sp³-hybridized carbons (Fsp3) is 0.208. The lowest BCUT2D eigenvalue weighted by atomic mass is 9.88. The normalized spacial score (nSPS) is 16.4. The zero-order valence-electron chi connectivity index (χ0n) is 16.0. The third kappa shape index (κ3) is 2.45. The Balaban J connectivity index is 1.74. The number of fused-ring (bicyclic) bond motifs is 6. The molecule has 1 unspecified atom stereocenters. The molecule has 0 N–H and O–H groups in total. The zero-order valence-corrected chi connectivity index (χ0v) is 16.0. The Kier molecular flexibility index (Phi) is 3.95. The van der Waals surface area contributed by atoms with Gasteiger partial charge in [-0.05, 0) is 42.2 Å². The Morgan fingerprint density at radius 1 is 0.857 bits per heavy atom. The van der Waals surface area contributed by atoms with Crippen LogP contribution >= 0.6 is 0 Å². The Morgan fingerprint density at radius 3 is 2.32 bits per heavy atom. The van der Waals surface area contributed by atoms with Crippen molar-refractivity contribution in [1.29, 1.82) is 0 Å². The van der Waals surface area contributed by atoms with Crippen molar-refractivity contribution < 1.29 is 4.79 Å². The van der Waals surface area contributed by atoms with Gasteiger partial charge in [-0.1, -0.05) is 56.3 Å². The van der Waals surface area contributed by atoms with E-state index in [4.69, 9.17) is 9.97 Å². The summed E-state index contributed by atoms with van der Waals surface area (Å²) in [6, 6.07) is 15.8. The van der Waals surface area contributed by atoms with Crippen LogP contribution in [0.25, 0.3) is 38.9 Å². The highest BCUT2D eigenvalue weighted by Gasteiger charge is 2.28. The molecule has 28 heavy (non-hydrogen) atoms. The second-order valence-electron chi connectivity index (χ2n) is 7.16. The number of hydrogen-bond acceptors (Lipinski definition) is 4. The van der Waals surface area contributed by atoms with E-state index in [2.05, 4.69) is 30.9 Å². The minimum Gasteiger partial charge on any atom is -0.292 e. The molecule has 0 spiro atoms. The summed E-state index contributed by atoms with van der Waals surface area (Å²) >= 11 is 0. The first-order valence-corrected chi connectivity index (χ1v) is 9.80. The highest BCUT2D eigenvalue weighted by molar-refractivity contribution is 6.15. The standard InChI is InChI=1S/C24H21N3O/c1-3-27(4-2)22-14-12-16-15-11-13-21-23(17(15)9-10-18(16)24(22)28)26-20-8-6-5-7-19(20)25-21/h5-14,22H,3-4H2,1-2H3. The van der Waals surface area contributed by atoms with E-state index in [1.165, 1.54) is 0 Å². The Bertz CT molecular complexity index is 1270. The summed E-state index contributed by atoms with van der Waals surface area (Å²) < 4.78 is 0. The smallest absolute Gasteiger partial charge is 0.184 e. The maximum absolute atomic E-state index is 13.1. The second-order valence-corrected chi connectivity index (χ2v) is 7.16. The number of benzene rings is 3. The summed E-state index contributed by atoms with van der Waals surface area (Å²) in [6.07, 6.45) is 4.13. The maximum atomic E-state index is 13.1. The molecule has 4 aromatic rings. The number of rotatable bonds is 3. The van der Waals surface area contributed by atoms with Gasteiger partial charge in [0.2, 0.25) is 0 Å². The van der Waals surface area contributed by atoms with Gasteiger partial charge in [0.25, 0.3) is 0 Å². The summed E-state index contributed by atoms with van der Waals surface area (Å²) in [5, 5.41) is 2.09. The van der Waals surface area contributed by atoms with E-state index in [0.29, 0.717) is 0 Å². The van der Waals surface area contributed by atoms with Crippen LogP contribution in [0, 0.1) is 0 Å². The van der Waals surface area contributed by atoms with Crippen LogP contribution < -0.4 is 0 Å². The number of hydrogen-bond donors (Lipinski definition) is 0. The van der Waals surface area contributed by atoms with Crippen LogP contribution in [-0.4, -0.2) is 39.8 Å². The van der Waals surface area contributed by atoms with Crippen molar-refractivity contribution in [1.82, 2.24) is 14.9 Å². The molecule has 0 saturated heterocycles. The molecule has 4 nitrogen and oxygen atoms in total. The molecule has 0 bridgehead atoms. The number of carbonyl (C=O) groups excluding carboxylic acids is 1. The fourth-order valence-corrected chi connectivity index (χ4v) is 4.25. The molecule has 1 atom stereocenters. The molecular weight excluding hydrogens is 346 g/mol. The molecule has 3 aromatic carbocycles. The quantitative estimate of drug-likeness (QED) is 0.383. The zero-order chi connectivity index (χ0) is 19.3. The monoisotopic (exact) mass is 367 g/mol. The van der Waals surface area contributed by atoms with Crippen LogP contribution in [0.2, 0.25) is 0 Å². The lowest BCUT2D eigenvalue weighted by Gasteiger charge is -2.29. The molecule has 0 aliphatic heterocycles. The van der Waals surface area contributed by atoms with E-state index in [0.717, 1.165) is 57.1 Å². The summed E-state index contributed by atoms with van der Waals surface area (Å²) in [7, 11) is 0. The molecule has 5 rings (SSSR count). The summed E-state index contributed by atoms with van der Waals surface area (Å²) in [4.78, 5) is 24.9. The minimum absolute atomic E-state index is 0.174. The van der Waals surface area contributed by atoms with Crippen LogP contribution in [0.3, 0.4) is 0 Å². The number of likely N-dealkylation sites (N-methyl/N-ethyl adjacent to an activating group) is 1. The molecular formula is C24H21N3O. The Hall–Kier alpha value is -3.11. The molecule has 1 aromatic heterocycles. The van der Waals surface area contributed by atoms with Gasteiger partial charge in [-0.2, -0.15) is 0 Å². The van der Waals surface area contributed by atoms with Crippen LogP contribution in [0.1, 0.15) is 29.8 Å². The predicted molar refractivity (Wildman–Crippen MR) is 115 cm³/mol. The van der Waals surface area contributed by atoms with Gasteiger partial charge < -0.3 is 0 Å². The maximum Gasteiger partial charge on any atom is 0.184 e. The number of nitrogens with zero attached hydrogens (tertiary/aromatic N) is 3. The molecule has 4 heteroatoms. The summed E-state index contributed by atoms with van der Waals surface area (Å²) in [5.41, 5.74) is 5.31. The van der Waals surface area contributed by atoms with E-state index in [-0.39, 0.29) is 11.8 Å². The Labute approximate surface area is 163 Å². The largest absolute Gasteiger partial charge is 0.292 e. The number of carbonyl (C=O) groups is 1. The van der Waals surface area contributed by atoms with E-state index in [1.54, 1.807) is 0 Å². The van der Waals surface area contributed by atoms with Gasteiger partial charge in [-0.3, -0.25) is 9.69 Å². The van der Waals surface area contributed by atoms with Crippen molar-refractivity contribution in [2.24, 2.45) is 0 Å². The van der Waals surface area contributed by atoms with Crippen molar-refractivity contribution in [3.63, 3.8) is 0 Å². The highest BCUT2D eigenvalue weighted by Crippen LogP contribution is 2.33. The van der Waals surface area contributed by atoms with Gasteiger partial charge in [0, 0.05) is 10.9 Å². The van der Waals surface area contributed by atoms with E-state index >= 15 is 0 Å². The van der Waals surface area contributed by atoms with Gasteiger partial charge >= 0.3 is 0 Å². The van der Waals surface area contributed by atoms with Crippen LogP contribution in [0.5, 0.6) is 0 Å². The van der Waals surface area contributed by atoms with Gasteiger partial charge in [-0.15, -0.1) is 0 Å². The van der Waals surface area contributed by atoms with E-state index < -0.39 is 0 Å². The number of Topliss-reactive ketones (excluding diaryl/α,β-unsaturated/α-hetero) is 1. The van der Waals surface area contributed by atoms with Crippen molar-refractivity contribution in [2.45, 2.75) is 19.9 Å². The Morgan fingerprint density at radius 2 is 1.57 bits per heavy atom. The average molecular weight is 367 g/mol. The lowest BCUT2D eigenvalue weighted by Crippen LogP contribution is -2.41. The molecule has 0 amide bonds. The van der Waals surface area contributed by atoms with Crippen LogP contribution in [0.15, 0.2) is 54.6 Å². The molecule has 138 valence electrons. The second kappa shape index (κ2) is 6.50. The van der Waals surface area contributed by atoms with Gasteiger partial charge in [0.1, 0.15) is 0 Å². The summed E-state index contributed by atoms with van der Waals surface area (Å²) in [5.74, 6) is 0.174. The number of ketones is 1. The van der Waals surface area contributed by atoms with Crippen LogP contribution in [-0.2, 0) is 0 Å². The summed E-state index contributed by atoms with van der Waals surface area (Å²) in [6.45, 7) is 5.90. The highest BCUT2D eigenvalue weighted by atomic mass is 16.1. The van der Waals surface area contributed by atoms with Gasteiger partial charge in [-0.25, -0.2) is 9.97 Å². The van der Waals surface area contributed by atoms with Crippen molar-refractivity contribution in [3.8, 4) is 0 Å². The minimum atomic E-state index is -0.177. The molecule has 1 aliphatic carbocycles. The third-order valence-corrected chi connectivity index (χ3v) is 5.73. The molecule has 0 fully saturated rings. The number of aromatic nitrogens is 2. The molecule has 1 heterocycles. The van der Waals surface area contributed by atoms with Crippen molar-refractivity contribution in [3.05, 3.63) is 65.7 Å². The SMILES string of the molecule is CCN(CC)C1C=Cc2c(ccc3c2ccc2nc4ccccc4nc23)C1=O. The third-order valence-electron chi connectivity index (χ3n) is 5.73. The van der Waals surface area contributed by atoms with E-state index in [9.17, 15) is 4.79 Å². The lowest BCUT2D eigenvalue weighted by molar-refractivity contribution is 0.0877. The molecule has 0 saturated carbocycles. The van der Waals surface area contributed by atoms with E-state index in [1.807, 2.05) is 48.5 Å². The van der Waals surface area contributed by atoms with Crippen molar-refractivity contribution in [2.75, 3.05) is 13.1 Å².